The van der Waals surface area contributed by atoms with Crippen LogP contribution in [0.3, 0.4) is 0 Å². The van der Waals surface area contributed by atoms with Gasteiger partial charge in [-0.2, -0.15) is 0 Å². The highest BCUT2D eigenvalue weighted by Crippen LogP contribution is 2.42. The molecule has 0 aliphatic heterocycles. The maximum absolute atomic E-state index is 11.2. The van der Waals surface area contributed by atoms with E-state index in [2.05, 4.69) is 5.18 Å². The van der Waals surface area contributed by atoms with E-state index < -0.39 is 5.91 Å². The van der Waals surface area contributed by atoms with Gasteiger partial charge in [0.2, 0.25) is 0 Å². The van der Waals surface area contributed by atoms with Crippen LogP contribution >= 0.6 is 11.6 Å². The Bertz CT molecular complexity index is 399. The summed E-state index contributed by atoms with van der Waals surface area (Å²) < 4.78 is 0. The van der Waals surface area contributed by atoms with E-state index in [1.54, 1.807) is 12.1 Å². The standard InChI is InChI=1S/C10H8ClNO2/c11-7-3-4-8(6-1-2-6)9(5-7)10(13)12-14/h3-6H,1-2H2. The van der Waals surface area contributed by atoms with Crippen molar-refractivity contribution in [2.24, 2.45) is 5.18 Å². The first-order chi connectivity index (χ1) is 6.72. The molecule has 0 aromatic heterocycles. The van der Waals surface area contributed by atoms with Gasteiger partial charge in [0, 0.05) is 10.2 Å². The number of nitroso groups, excluding NO2 is 1. The Morgan fingerprint density at radius 1 is 1.43 bits per heavy atom. The van der Waals surface area contributed by atoms with Crippen molar-refractivity contribution in [3.05, 3.63) is 39.3 Å². The summed E-state index contributed by atoms with van der Waals surface area (Å²) in [5.74, 6) is -0.317. The van der Waals surface area contributed by atoms with Gasteiger partial charge in [0.25, 0.3) is 0 Å². The van der Waals surface area contributed by atoms with Crippen LogP contribution in [0.1, 0.15) is 34.7 Å². The highest BCUT2D eigenvalue weighted by molar-refractivity contribution is 6.31. The van der Waals surface area contributed by atoms with E-state index >= 15 is 0 Å². The van der Waals surface area contributed by atoms with Crippen LogP contribution in [0.5, 0.6) is 0 Å². The minimum atomic E-state index is -0.727. The van der Waals surface area contributed by atoms with Crippen LogP contribution in [-0.2, 0) is 0 Å². The Morgan fingerprint density at radius 3 is 2.71 bits per heavy atom. The monoisotopic (exact) mass is 209 g/mol. The SMILES string of the molecule is O=NC(=O)c1cc(Cl)ccc1C1CC1. The molecule has 0 atom stereocenters. The van der Waals surface area contributed by atoms with Gasteiger partial charge in [0.05, 0.1) is 5.56 Å². The molecule has 1 aliphatic rings. The molecule has 14 heavy (non-hydrogen) atoms. The average molecular weight is 210 g/mol. The molecule has 0 saturated heterocycles. The van der Waals surface area contributed by atoms with Gasteiger partial charge in [0.15, 0.2) is 0 Å². The van der Waals surface area contributed by atoms with Gasteiger partial charge < -0.3 is 0 Å². The third-order valence-electron chi connectivity index (χ3n) is 2.35. The van der Waals surface area contributed by atoms with Crippen LogP contribution in [0.4, 0.5) is 0 Å². The third kappa shape index (κ3) is 1.68. The second-order valence-electron chi connectivity index (χ2n) is 3.40. The number of benzene rings is 1. The molecule has 72 valence electrons. The third-order valence-corrected chi connectivity index (χ3v) is 2.58. The lowest BCUT2D eigenvalue weighted by atomic mass is 10.0. The number of halogens is 1. The van der Waals surface area contributed by atoms with Gasteiger partial charge in [-0.05, 0) is 36.5 Å². The summed E-state index contributed by atoms with van der Waals surface area (Å²) in [5.41, 5.74) is 1.26. The number of nitrogens with zero attached hydrogens (tertiary/aromatic N) is 1. The second kappa shape index (κ2) is 3.50. The maximum atomic E-state index is 11.2. The molecule has 1 aromatic carbocycles. The molecule has 0 heterocycles. The number of carbonyl (C=O) groups is 1. The highest BCUT2D eigenvalue weighted by atomic mass is 35.5. The first kappa shape index (κ1) is 9.34. The summed E-state index contributed by atoms with van der Waals surface area (Å²) in [6, 6.07) is 5.05. The van der Waals surface area contributed by atoms with Crippen LogP contribution < -0.4 is 0 Å². The molecule has 3 nitrogen and oxygen atoms in total. The summed E-state index contributed by atoms with van der Waals surface area (Å²) >= 11 is 5.75. The van der Waals surface area contributed by atoms with Crippen LogP contribution in [0, 0.1) is 4.91 Å². The van der Waals surface area contributed by atoms with Crippen molar-refractivity contribution < 1.29 is 4.79 Å². The van der Waals surface area contributed by atoms with Gasteiger partial charge in [-0.25, -0.2) is 0 Å². The quantitative estimate of drug-likeness (QED) is 0.703. The number of carbonyl (C=O) groups excluding carboxylic acids is 1. The Morgan fingerprint density at radius 2 is 2.14 bits per heavy atom. The van der Waals surface area contributed by atoms with E-state index in [0.29, 0.717) is 16.5 Å². The molecular weight excluding hydrogens is 202 g/mol. The van der Waals surface area contributed by atoms with Crippen LogP contribution in [0.2, 0.25) is 5.02 Å². The van der Waals surface area contributed by atoms with Crippen molar-refractivity contribution in [1.82, 2.24) is 0 Å². The van der Waals surface area contributed by atoms with E-state index in [1.165, 1.54) is 6.07 Å². The minimum absolute atomic E-state index is 0.356. The summed E-state index contributed by atoms with van der Waals surface area (Å²) in [6.07, 6.45) is 2.14. The molecule has 0 spiro atoms. The molecule has 2 rings (SSSR count). The smallest absolute Gasteiger partial charge is 0.263 e. The van der Waals surface area contributed by atoms with Gasteiger partial charge in [-0.3, -0.25) is 4.79 Å². The molecule has 1 amide bonds. The number of hydrogen-bond acceptors (Lipinski definition) is 2. The van der Waals surface area contributed by atoms with Crippen LogP contribution in [0.15, 0.2) is 23.4 Å². The van der Waals surface area contributed by atoms with Crippen LogP contribution in [0.25, 0.3) is 0 Å². The predicted octanol–water partition coefficient (Wildman–Crippen LogP) is 3.12. The van der Waals surface area contributed by atoms with Crippen LogP contribution in [-0.4, -0.2) is 5.91 Å². The fourth-order valence-corrected chi connectivity index (χ4v) is 1.69. The molecule has 1 saturated carbocycles. The van der Waals surface area contributed by atoms with Gasteiger partial charge in [-0.1, -0.05) is 17.7 Å². The summed E-state index contributed by atoms with van der Waals surface area (Å²) in [6.45, 7) is 0. The molecule has 1 aromatic rings. The average Bonchev–Trinajstić information content (AvgIpc) is 3.00. The maximum Gasteiger partial charge on any atom is 0.317 e. The Kier molecular flexibility index (Phi) is 2.33. The van der Waals surface area contributed by atoms with Crippen molar-refractivity contribution in [3.8, 4) is 0 Å². The van der Waals surface area contributed by atoms with Crippen molar-refractivity contribution in [1.29, 1.82) is 0 Å². The van der Waals surface area contributed by atoms with E-state index in [1.807, 2.05) is 0 Å². The lowest BCUT2D eigenvalue weighted by Gasteiger charge is -2.03. The molecule has 4 heteroatoms. The Labute approximate surface area is 86.0 Å². The van der Waals surface area contributed by atoms with Gasteiger partial charge in [-0.15, -0.1) is 4.91 Å². The molecule has 0 unspecified atom stereocenters. The lowest BCUT2D eigenvalue weighted by Crippen LogP contribution is -1.99. The fourth-order valence-electron chi connectivity index (χ4n) is 1.51. The Balaban J connectivity index is 2.47. The number of amides is 1. The van der Waals surface area contributed by atoms with E-state index in [0.717, 1.165) is 18.4 Å². The van der Waals surface area contributed by atoms with Crippen molar-refractivity contribution >= 4 is 17.5 Å². The molecule has 0 radical (unpaired) electrons. The molecule has 0 bridgehead atoms. The van der Waals surface area contributed by atoms with E-state index in [4.69, 9.17) is 11.6 Å². The number of rotatable bonds is 2. The van der Waals surface area contributed by atoms with Crippen molar-refractivity contribution in [2.45, 2.75) is 18.8 Å². The second-order valence-corrected chi connectivity index (χ2v) is 3.84. The largest absolute Gasteiger partial charge is 0.317 e. The predicted molar refractivity (Wildman–Crippen MR) is 53.6 cm³/mol. The summed E-state index contributed by atoms with van der Waals surface area (Å²) in [4.78, 5) is 21.4. The molecule has 0 N–H and O–H groups in total. The zero-order valence-electron chi connectivity index (χ0n) is 7.37. The van der Waals surface area contributed by atoms with Crippen molar-refractivity contribution in [3.63, 3.8) is 0 Å². The topological polar surface area (TPSA) is 46.5 Å². The first-order valence-electron chi connectivity index (χ1n) is 4.39. The normalized spacial score (nSPS) is 15.2. The molecule has 1 fully saturated rings. The van der Waals surface area contributed by atoms with Gasteiger partial charge in [0.1, 0.15) is 0 Å². The highest BCUT2D eigenvalue weighted by Gasteiger charge is 2.28. The summed E-state index contributed by atoms with van der Waals surface area (Å²) in [7, 11) is 0. The first-order valence-corrected chi connectivity index (χ1v) is 4.77. The van der Waals surface area contributed by atoms with E-state index in [-0.39, 0.29) is 0 Å². The zero-order chi connectivity index (χ0) is 10.1. The molecule has 1 aliphatic carbocycles. The Hall–Kier alpha value is -1.22. The lowest BCUT2D eigenvalue weighted by molar-refractivity contribution is 0.1000. The number of hydrogen-bond donors (Lipinski definition) is 0. The minimum Gasteiger partial charge on any atom is -0.263 e. The van der Waals surface area contributed by atoms with Gasteiger partial charge >= 0.3 is 5.91 Å². The van der Waals surface area contributed by atoms with E-state index in [9.17, 15) is 9.70 Å². The summed E-state index contributed by atoms with van der Waals surface area (Å²) in [5, 5.41) is 2.88. The van der Waals surface area contributed by atoms with Crippen molar-refractivity contribution in [2.75, 3.05) is 0 Å². The molecular formula is C10H8ClNO2. The fraction of sp³-hybridized carbons (Fsp3) is 0.300. The zero-order valence-corrected chi connectivity index (χ0v) is 8.12.